The van der Waals surface area contributed by atoms with E-state index in [-0.39, 0.29) is 18.6 Å². The third kappa shape index (κ3) is 3.35. The monoisotopic (exact) mass is 412 g/mol. The van der Waals surface area contributed by atoms with Crippen molar-refractivity contribution < 1.29 is 19.4 Å². The molecule has 0 saturated carbocycles. The molecule has 0 spiro atoms. The van der Waals surface area contributed by atoms with Crippen LogP contribution in [0.1, 0.15) is 41.4 Å². The molecule has 0 radical (unpaired) electrons. The van der Waals surface area contributed by atoms with Gasteiger partial charge < -0.3 is 24.4 Å². The highest BCUT2D eigenvalue weighted by atomic mass is 16.5. The van der Waals surface area contributed by atoms with Crippen LogP contribution in [0.3, 0.4) is 0 Å². The van der Waals surface area contributed by atoms with Crippen LogP contribution in [0.15, 0.2) is 24.4 Å². The van der Waals surface area contributed by atoms with Gasteiger partial charge in [0.2, 0.25) is 5.88 Å². The van der Waals surface area contributed by atoms with Gasteiger partial charge in [-0.1, -0.05) is 0 Å². The number of amides is 1. The number of anilines is 1. The highest BCUT2D eigenvalue weighted by molar-refractivity contribution is 5.99. The first-order valence-corrected chi connectivity index (χ1v) is 10.2. The molecule has 160 valence electrons. The van der Waals surface area contributed by atoms with Gasteiger partial charge >= 0.3 is 0 Å². The molecule has 1 atom stereocenters. The van der Waals surface area contributed by atoms with E-state index in [0.717, 1.165) is 43.1 Å². The summed E-state index contributed by atoms with van der Waals surface area (Å²) in [5.74, 6) is 2.08. The molecule has 1 amide bonds. The Kier molecular flexibility index (Phi) is 5.27. The Labute approximate surface area is 176 Å². The molecule has 2 aromatic heterocycles. The van der Waals surface area contributed by atoms with Crippen molar-refractivity contribution in [1.29, 1.82) is 0 Å². The molecule has 0 bridgehead atoms. The minimum atomic E-state index is -0.794. The van der Waals surface area contributed by atoms with E-state index in [1.165, 1.54) is 0 Å². The summed E-state index contributed by atoms with van der Waals surface area (Å²) < 4.78 is 11.2. The van der Waals surface area contributed by atoms with Crippen molar-refractivity contribution >= 4 is 11.7 Å². The number of aromatic nitrogens is 2. The lowest BCUT2D eigenvalue weighted by Gasteiger charge is -2.35. The summed E-state index contributed by atoms with van der Waals surface area (Å²) in [6.45, 7) is 5.28. The lowest BCUT2D eigenvalue weighted by atomic mass is 9.97. The van der Waals surface area contributed by atoms with Crippen molar-refractivity contribution in [3.8, 4) is 11.6 Å². The van der Waals surface area contributed by atoms with Crippen LogP contribution in [0, 0.1) is 6.92 Å². The first kappa shape index (κ1) is 20.4. The molecule has 1 saturated heterocycles. The number of carbonyl (C=O) groups excluding carboxylic acids is 1. The largest absolute Gasteiger partial charge is 0.489 e. The highest BCUT2D eigenvalue weighted by Crippen LogP contribution is 2.39. The Bertz CT molecular complexity index is 941. The van der Waals surface area contributed by atoms with Crippen LogP contribution in [-0.4, -0.2) is 65.8 Å². The minimum absolute atomic E-state index is 0.0936. The SMILES string of the molecule is COc1ccc(OC2CCN(c3nc4c(cc3C)C(=O)N(C)[C@@]4(C)CO)CC2)cn1. The second kappa shape index (κ2) is 7.75. The predicted molar refractivity (Wildman–Crippen MR) is 112 cm³/mol. The molecule has 8 nitrogen and oxygen atoms in total. The fourth-order valence-corrected chi connectivity index (χ4v) is 4.18. The molecular weight excluding hydrogens is 384 g/mol. The number of likely N-dealkylation sites (N-methyl/N-ethyl adjacent to an activating group) is 1. The molecule has 2 aliphatic rings. The third-order valence-corrected chi connectivity index (χ3v) is 6.24. The van der Waals surface area contributed by atoms with E-state index in [4.69, 9.17) is 14.5 Å². The zero-order chi connectivity index (χ0) is 21.5. The zero-order valence-corrected chi connectivity index (χ0v) is 17.9. The summed E-state index contributed by atoms with van der Waals surface area (Å²) in [6, 6.07) is 5.56. The van der Waals surface area contributed by atoms with Crippen LogP contribution < -0.4 is 14.4 Å². The summed E-state index contributed by atoms with van der Waals surface area (Å²) in [5.41, 5.74) is 1.41. The number of hydrogen-bond donors (Lipinski definition) is 1. The van der Waals surface area contributed by atoms with E-state index >= 15 is 0 Å². The second-order valence-electron chi connectivity index (χ2n) is 8.16. The predicted octanol–water partition coefficient (Wildman–Crippen LogP) is 2.13. The molecule has 4 heterocycles. The zero-order valence-electron chi connectivity index (χ0n) is 17.9. The van der Waals surface area contributed by atoms with Crippen LogP contribution in [0.4, 0.5) is 5.82 Å². The van der Waals surface area contributed by atoms with Gasteiger partial charge in [-0.25, -0.2) is 9.97 Å². The van der Waals surface area contributed by atoms with Crippen LogP contribution in [0.2, 0.25) is 0 Å². The van der Waals surface area contributed by atoms with E-state index in [9.17, 15) is 9.90 Å². The first-order valence-electron chi connectivity index (χ1n) is 10.2. The molecule has 8 heteroatoms. The lowest BCUT2D eigenvalue weighted by Crippen LogP contribution is -2.42. The number of aryl methyl sites for hydroxylation is 1. The number of ether oxygens (including phenoxy) is 2. The van der Waals surface area contributed by atoms with Gasteiger partial charge in [0.05, 0.1) is 31.2 Å². The number of piperidine rings is 1. The summed E-state index contributed by atoms with van der Waals surface area (Å²) in [6.07, 6.45) is 3.52. The van der Waals surface area contributed by atoms with Gasteiger partial charge in [0.25, 0.3) is 5.91 Å². The first-order chi connectivity index (χ1) is 14.4. The van der Waals surface area contributed by atoms with E-state index in [0.29, 0.717) is 17.1 Å². The van der Waals surface area contributed by atoms with Gasteiger partial charge in [-0.15, -0.1) is 0 Å². The highest BCUT2D eigenvalue weighted by Gasteiger charge is 2.46. The van der Waals surface area contributed by atoms with Gasteiger partial charge in [-0.05, 0) is 31.5 Å². The molecule has 30 heavy (non-hydrogen) atoms. The molecule has 2 aromatic rings. The van der Waals surface area contributed by atoms with Gasteiger partial charge in [-0.2, -0.15) is 0 Å². The number of nitrogens with zero attached hydrogens (tertiary/aromatic N) is 4. The third-order valence-electron chi connectivity index (χ3n) is 6.24. The molecule has 1 fully saturated rings. The summed E-state index contributed by atoms with van der Waals surface area (Å²) >= 11 is 0. The van der Waals surface area contributed by atoms with Gasteiger partial charge in [0.1, 0.15) is 23.2 Å². The molecule has 1 N–H and O–H groups in total. The quantitative estimate of drug-likeness (QED) is 0.805. The maximum atomic E-state index is 12.6. The molecule has 2 aliphatic heterocycles. The number of hydrogen-bond acceptors (Lipinski definition) is 7. The maximum Gasteiger partial charge on any atom is 0.256 e. The normalized spacial score (nSPS) is 21.7. The Morgan fingerprint density at radius 3 is 2.63 bits per heavy atom. The van der Waals surface area contributed by atoms with Crippen molar-refractivity contribution in [2.24, 2.45) is 0 Å². The standard InChI is InChI=1S/C22H28N4O4/c1-14-11-17-19(22(2,13-27)25(3)21(17)28)24-20(14)26-9-7-15(8-10-26)30-16-5-6-18(29-4)23-12-16/h5-6,11-12,15,27H,7-10,13H2,1-4H3/t22-/m0/s1. The maximum absolute atomic E-state index is 12.6. The fourth-order valence-electron chi connectivity index (χ4n) is 4.18. The summed E-state index contributed by atoms with van der Waals surface area (Å²) in [5, 5.41) is 9.96. The van der Waals surface area contributed by atoms with Crippen molar-refractivity contribution in [2.45, 2.75) is 38.3 Å². The van der Waals surface area contributed by atoms with Crippen molar-refractivity contribution in [1.82, 2.24) is 14.9 Å². The molecule has 0 aromatic carbocycles. The van der Waals surface area contributed by atoms with E-state index in [1.54, 1.807) is 31.3 Å². The van der Waals surface area contributed by atoms with E-state index < -0.39 is 5.54 Å². The van der Waals surface area contributed by atoms with Gasteiger partial charge in [-0.3, -0.25) is 4.79 Å². The topological polar surface area (TPSA) is 88.0 Å². The van der Waals surface area contributed by atoms with E-state index in [2.05, 4.69) is 9.88 Å². The Balaban J connectivity index is 1.48. The second-order valence-corrected chi connectivity index (χ2v) is 8.16. The number of methoxy groups -OCH3 is 1. The fraction of sp³-hybridized carbons (Fsp3) is 0.500. The van der Waals surface area contributed by atoms with Crippen LogP contribution >= 0.6 is 0 Å². The Morgan fingerprint density at radius 1 is 1.30 bits per heavy atom. The summed E-state index contributed by atoms with van der Waals surface area (Å²) in [7, 11) is 3.30. The number of pyridine rings is 2. The lowest BCUT2D eigenvalue weighted by molar-refractivity contribution is 0.0488. The van der Waals surface area contributed by atoms with Crippen molar-refractivity contribution in [2.75, 3.05) is 38.8 Å². The van der Waals surface area contributed by atoms with Crippen LogP contribution in [-0.2, 0) is 5.54 Å². The number of fused-ring (bicyclic) bond motifs is 1. The smallest absolute Gasteiger partial charge is 0.256 e. The van der Waals surface area contributed by atoms with Gasteiger partial charge in [0.15, 0.2) is 0 Å². The minimum Gasteiger partial charge on any atom is -0.489 e. The average molecular weight is 412 g/mol. The van der Waals surface area contributed by atoms with Crippen LogP contribution in [0.5, 0.6) is 11.6 Å². The average Bonchev–Trinajstić information content (AvgIpc) is 2.95. The number of carbonyl (C=O) groups is 1. The van der Waals surface area contributed by atoms with Crippen molar-refractivity contribution in [3.63, 3.8) is 0 Å². The molecule has 0 unspecified atom stereocenters. The Hall–Kier alpha value is -2.87. The van der Waals surface area contributed by atoms with Crippen LogP contribution in [0.25, 0.3) is 0 Å². The van der Waals surface area contributed by atoms with Gasteiger partial charge in [0, 0.05) is 39.0 Å². The number of rotatable bonds is 5. The molecule has 4 rings (SSSR count). The van der Waals surface area contributed by atoms with Crippen molar-refractivity contribution in [3.05, 3.63) is 41.2 Å². The number of aliphatic hydroxyl groups is 1. The summed E-state index contributed by atoms with van der Waals surface area (Å²) in [4.78, 5) is 25.5. The molecular formula is C22H28N4O4. The van der Waals surface area contributed by atoms with E-state index in [1.807, 2.05) is 26.0 Å². The Morgan fingerprint density at radius 2 is 2.03 bits per heavy atom. The molecule has 0 aliphatic carbocycles. The number of aliphatic hydroxyl groups excluding tert-OH is 1.